The van der Waals surface area contributed by atoms with Crippen LogP contribution in [0.3, 0.4) is 0 Å². The van der Waals surface area contributed by atoms with Crippen LogP contribution in [0.1, 0.15) is 32.3 Å². The first-order valence-electron chi connectivity index (χ1n) is 6.49. The Balaban J connectivity index is 2.33. The van der Waals surface area contributed by atoms with Gasteiger partial charge in [-0.1, -0.05) is 17.7 Å². The summed E-state index contributed by atoms with van der Waals surface area (Å²) >= 11 is 0. The summed E-state index contributed by atoms with van der Waals surface area (Å²) in [7, 11) is -3.62. The molecular formula is C14H22O4S. The van der Waals surface area contributed by atoms with E-state index in [9.17, 15) is 8.42 Å². The summed E-state index contributed by atoms with van der Waals surface area (Å²) in [5, 5.41) is 0. The third-order valence-electron chi connectivity index (χ3n) is 2.54. The Bertz CT molecular complexity index is 463. The highest BCUT2D eigenvalue weighted by Crippen LogP contribution is 2.13. The Morgan fingerprint density at radius 3 is 2.21 bits per heavy atom. The third-order valence-corrected chi connectivity index (χ3v) is 3.86. The first-order valence-corrected chi connectivity index (χ1v) is 7.90. The van der Waals surface area contributed by atoms with E-state index in [1.807, 2.05) is 20.8 Å². The van der Waals surface area contributed by atoms with E-state index in [1.165, 1.54) is 0 Å². The van der Waals surface area contributed by atoms with Crippen molar-refractivity contribution in [1.82, 2.24) is 0 Å². The number of aryl methyl sites for hydroxylation is 1. The molecule has 0 N–H and O–H groups in total. The Morgan fingerprint density at radius 2 is 1.63 bits per heavy atom. The fourth-order valence-corrected chi connectivity index (χ4v) is 2.41. The van der Waals surface area contributed by atoms with Crippen LogP contribution in [-0.2, 0) is 19.0 Å². The summed E-state index contributed by atoms with van der Waals surface area (Å²) in [4.78, 5) is 0.205. The molecule has 0 unspecified atom stereocenters. The first kappa shape index (κ1) is 16.1. The van der Waals surface area contributed by atoms with Crippen LogP contribution in [0.5, 0.6) is 0 Å². The van der Waals surface area contributed by atoms with E-state index < -0.39 is 10.1 Å². The normalized spacial score (nSPS) is 12.0. The second-order valence-corrected chi connectivity index (χ2v) is 6.33. The molecule has 108 valence electrons. The lowest BCUT2D eigenvalue weighted by atomic mass is 10.2. The van der Waals surface area contributed by atoms with Gasteiger partial charge in [-0.05, 0) is 45.7 Å². The van der Waals surface area contributed by atoms with Gasteiger partial charge in [0.05, 0.1) is 17.6 Å². The smallest absolute Gasteiger partial charge is 0.296 e. The molecule has 0 amide bonds. The van der Waals surface area contributed by atoms with Crippen molar-refractivity contribution in [2.24, 2.45) is 0 Å². The predicted molar refractivity (Wildman–Crippen MR) is 74.6 cm³/mol. The van der Waals surface area contributed by atoms with E-state index in [1.54, 1.807) is 24.3 Å². The minimum absolute atomic E-state index is 0.192. The fraction of sp³-hybridized carbons (Fsp3) is 0.571. The van der Waals surface area contributed by atoms with Gasteiger partial charge in [-0.2, -0.15) is 8.42 Å². The minimum atomic E-state index is -3.62. The Hall–Kier alpha value is -0.910. The molecule has 0 saturated carbocycles. The van der Waals surface area contributed by atoms with Gasteiger partial charge >= 0.3 is 0 Å². The highest BCUT2D eigenvalue weighted by atomic mass is 32.2. The molecule has 1 aromatic rings. The summed E-state index contributed by atoms with van der Waals surface area (Å²) in [5.41, 5.74) is 1.02. The number of benzene rings is 1. The molecule has 5 heteroatoms. The molecule has 0 bridgehead atoms. The highest BCUT2D eigenvalue weighted by molar-refractivity contribution is 7.86. The van der Waals surface area contributed by atoms with Crippen LogP contribution >= 0.6 is 0 Å². The SMILES string of the molecule is Cc1ccc(S(=O)(=O)OCCCCOC(C)C)cc1. The van der Waals surface area contributed by atoms with Crippen molar-refractivity contribution in [3.05, 3.63) is 29.8 Å². The Kier molecular flexibility index (Phi) is 6.48. The Morgan fingerprint density at radius 1 is 1.05 bits per heavy atom. The van der Waals surface area contributed by atoms with Gasteiger partial charge in [0.15, 0.2) is 0 Å². The van der Waals surface area contributed by atoms with Crippen molar-refractivity contribution in [1.29, 1.82) is 0 Å². The van der Waals surface area contributed by atoms with Crippen LogP contribution in [0.2, 0.25) is 0 Å². The monoisotopic (exact) mass is 286 g/mol. The zero-order valence-electron chi connectivity index (χ0n) is 11.8. The molecule has 0 aliphatic heterocycles. The van der Waals surface area contributed by atoms with E-state index in [0.717, 1.165) is 12.0 Å². The maximum Gasteiger partial charge on any atom is 0.296 e. The molecular weight excluding hydrogens is 264 g/mol. The molecule has 0 spiro atoms. The average Bonchev–Trinajstić information content (AvgIpc) is 2.34. The van der Waals surface area contributed by atoms with Crippen molar-refractivity contribution in [2.45, 2.75) is 44.6 Å². The number of rotatable bonds is 8. The van der Waals surface area contributed by atoms with Crippen molar-refractivity contribution < 1.29 is 17.3 Å². The van der Waals surface area contributed by atoms with Gasteiger partial charge in [-0.25, -0.2) is 0 Å². The van der Waals surface area contributed by atoms with E-state index >= 15 is 0 Å². The maximum absolute atomic E-state index is 11.8. The molecule has 0 atom stereocenters. The van der Waals surface area contributed by atoms with E-state index in [2.05, 4.69) is 0 Å². The second-order valence-electron chi connectivity index (χ2n) is 4.72. The molecule has 0 saturated heterocycles. The lowest BCUT2D eigenvalue weighted by molar-refractivity contribution is 0.0739. The Labute approximate surface area is 115 Å². The quantitative estimate of drug-likeness (QED) is 0.544. The summed E-state index contributed by atoms with van der Waals surface area (Å²) in [6.07, 6.45) is 1.66. The number of unbranched alkanes of at least 4 members (excludes halogenated alkanes) is 1. The van der Waals surface area contributed by atoms with Gasteiger partial charge in [-0.3, -0.25) is 4.18 Å². The molecule has 4 nitrogen and oxygen atoms in total. The van der Waals surface area contributed by atoms with Gasteiger partial charge in [0.25, 0.3) is 10.1 Å². The minimum Gasteiger partial charge on any atom is -0.379 e. The van der Waals surface area contributed by atoms with Crippen LogP contribution in [-0.4, -0.2) is 27.7 Å². The molecule has 0 aliphatic rings. The molecule has 0 fully saturated rings. The van der Waals surface area contributed by atoms with Crippen LogP contribution in [0.25, 0.3) is 0 Å². The van der Waals surface area contributed by atoms with Gasteiger partial charge in [-0.15, -0.1) is 0 Å². The largest absolute Gasteiger partial charge is 0.379 e. The van der Waals surface area contributed by atoms with Crippen LogP contribution < -0.4 is 0 Å². The van der Waals surface area contributed by atoms with Crippen LogP contribution in [0.4, 0.5) is 0 Å². The lowest BCUT2D eigenvalue weighted by Gasteiger charge is -2.08. The predicted octanol–water partition coefficient (Wildman–Crippen LogP) is 2.91. The fourth-order valence-electron chi connectivity index (χ4n) is 1.46. The van der Waals surface area contributed by atoms with Crippen molar-refractivity contribution in [3.8, 4) is 0 Å². The van der Waals surface area contributed by atoms with Crippen molar-refractivity contribution in [2.75, 3.05) is 13.2 Å². The van der Waals surface area contributed by atoms with Gasteiger partial charge < -0.3 is 4.74 Å². The summed E-state index contributed by atoms with van der Waals surface area (Å²) < 4.78 is 34.0. The van der Waals surface area contributed by atoms with Gasteiger partial charge in [0.1, 0.15) is 0 Å². The molecule has 0 radical (unpaired) electrons. The van der Waals surface area contributed by atoms with E-state index in [-0.39, 0.29) is 17.6 Å². The molecule has 0 aromatic heterocycles. The lowest BCUT2D eigenvalue weighted by Crippen LogP contribution is -2.09. The van der Waals surface area contributed by atoms with Gasteiger partial charge in [0.2, 0.25) is 0 Å². The van der Waals surface area contributed by atoms with Crippen LogP contribution in [0.15, 0.2) is 29.2 Å². The molecule has 1 aromatic carbocycles. The molecule has 0 heterocycles. The number of hydrogen-bond donors (Lipinski definition) is 0. The first-order chi connectivity index (χ1) is 8.92. The van der Waals surface area contributed by atoms with Gasteiger partial charge in [0, 0.05) is 6.61 Å². The number of ether oxygens (including phenoxy) is 1. The molecule has 0 aliphatic carbocycles. The van der Waals surface area contributed by atoms with Crippen molar-refractivity contribution >= 4 is 10.1 Å². The summed E-state index contributed by atoms with van der Waals surface area (Å²) in [6.45, 7) is 6.67. The summed E-state index contributed by atoms with van der Waals surface area (Å²) in [6, 6.07) is 6.64. The highest BCUT2D eigenvalue weighted by Gasteiger charge is 2.14. The van der Waals surface area contributed by atoms with E-state index in [4.69, 9.17) is 8.92 Å². The van der Waals surface area contributed by atoms with Crippen LogP contribution in [0, 0.1) is 6.92 Å². The number of hydrogen-bond acceptors (Lipinski definition) is 4. The second kappa shape index (κ2) is 7.62. The average molecular weight is 286 g/mol. The maximum atomic E-state index is 11.8. The standard InChI is InChI=1S/C14H22O4S/c1-12(2)17-10-4-5-11-18-19(15,16)14-8-6-13(3)7-9-14/h6-9,12H,4-5,10-11H2,1-3H3. The zero-order valence-corrected chi connectivity index (χ0v) is 12.6. The van der Waals surface area contributed by atoms with E-state index in [0.29, 0.717) is 13.0 Å². The van der Waals surface area contributed by atoms with Crippen molar-refractivity contribution in [3.63, 3.8) is 0 Å². The zero-order chi connectivity index (χ0) is 14.3. The third kappa shape index (κ3) is 6.18. The summed E-state index contributed by atoms with van der Waals surface area (Å²) in [5.74, 6) is 0. The molecule has 19 heavy (non-hydrogen) atoms. The molecule has 1 rings (SSSR count). The topological polar surface area (TPSA) is 52.6 Å².